The molecule has 0 N–H and O–H groups in total. The van der Waals surface area contributed by atoms with E-state index in [0.717, 1.165) is 50.0 Å². The first-order valence-electron chi connectivity index (χ1n) is 14.3. The van der Waals surface area contributed by atoms with Crippen molar-refractivity contribution in [2.45, 2.75) is 57.9 Å². The van der Waals surface area contributed by atoms with E-state index in [4.69, 9.17) is 14.2 Å². The molecule has 2 aromatic rings. The predicted octanol–water partition coefficient (Wildman–Crippen LogP) is 6.58. The number of carbonyl (C=O) groups excluding carboxylic acids is 1. The number of benzene rings is 2. The Morgan fingerprint density at radius 3 is 2.30 bits per heavy atom. The van der Waals surface area contributed by atoms with Gasteiger partial charge in [0.2, 0.25) is 5.75 Å². The number of hydrogen-bond donors (Lipinski definition) is 0. The van der Waals surface area contributed by atoms with Crippen molar-refractivity contribution < 1.29 is 27.8 Å². The molecule has 1 unspecified atom stereocenters. The Morgan fingerprint density at radius 2 is 1.68 bits per heavy atom. The molecule has 0 radical (unpaired) electrons. The molecular formula is C32H42F2N2O4. The number of methoxy groups -OCH3 is 3. The fourth-order valence-corrected chi connectivity index (χ4v) is 6.12. The molecule has 1 amide bonds. The van der Waals surface area contributed by atoms with Crippen molar-refractivity contribution >= 4 is 12.0 Å². The summed E-state index contributed by atoms with van der Waals surface area (Å²) in [6, 6.07) is 6.89. The van der Waals surface area contributed by atoms with Crippen LogP contribution in [0.5, 0.6) is 17.2 Å². The van der Waals surface area contributed by atoms with Gasteiger partial charge >= 0.3 is 0 Å². The lowest BCUT2D eigenvalue weighted by Gasteiger charge is -2.41. The molecule has 0 spiro atoms. The van der Waals surface area contributed by atoms with E-state index in [0.29, 0.717) is 34.9 Å². The Hall–Kier alpha value is -3.13. The number of likely N-dealkylation sites (tertiary alicyclic amines) is 1. The fourth-order valence-electron chi connectivity index (χ4n) is 6.12. The van der Waals surface area contributed by atoms with E-state index >= 15 is 0 Å². The second kappa shape index (κ2) is 14.0. The smallest absolute Gasteiger partial charge is 0.254 e. The summed E-state index contributed by atoms with van der Waals surface area (Å²) in [6.45, 7) is 5.09. The van der Waals surface area contributed by atoms with E-state index in [1.807, 2.05) is 11.8 Å². The van der Waals surface area contributed by atoms with Crippen molar-refractivity contribution in [3.63, 3.8) is 0 Å². The highest BCUT2D eigenvalue weighted by atomic mass is 19.1. The average Bonchev–Trinajstić information content (AvgIpc) is 2.96. The first kappa shape index (κ1) is 29.8. The molecular weight excluding hydrogens is 514 g/mol. The molecule has 4 rings (SSSR count). The minimum Gasteiger partial charge on any atom is -0.493 e. The van der Waals surface area contributed by atoms with Crippen LogP contribution in [0, 0.1) is 17.6 Å². The topological polar surface area (TPSA) is 51.2 Å². The Kier molecular flexibility index (Phi) is 10.4. The monoisotopic (exact) mass is 556 g/mol. The third-order valence-corrected chi connectivity index (χ3v) is 8.12. The van der Waals surface area contributed by atoms with Crippen LogP contribution in [0.2, 0.25) is 0 Å². The molecule has 40 heavy (non-hydrogen) atoms. The minimum absolute atomic E-state index is 0.00894. The Labute approximate surface area is 236 Å². The molecule has 0 aromatic heterocycles. The van der Waals surface area contributed by atoms with Crippen LogP contribution >= 0.6 is 0 Å². The van der Waals surface area contributed by atoms with Crippen LogP contribution in [0.4, 0.5) is 8.78 Å². The van der Waals surface area contributed by atoms with Crippen molar-refractivity contribution in [2.75, 3.05) is 47.5 Å². The molecule has 2 fully saturated rings. The molecule has 1 aliphatic carbocycles. The molecule has 1 saturated carbocycles. The van der Waals surface area contributed by atoms with Gasteiger partial charge in [-0.25, -0.2) is 8.78 Å². The van der Waals surface area contributed by atoms with Crippen molar-refractivity contribution in [3.05, 3.63) is 58.7 Å². The third kappa shape index (κ3) is 7.33. The van der Waals surface area contributed by atoms with E-state index in [9.17, 15) is 13.6 Å². The van der Waals surface area contributed by atoms with Gasteiger partial charge in [0, 0.05) is 42.9 Å². The molecule has 218 valence electrons. The minimum atomic E-state index is -0.627. The van der Waals surface area contributed by atoms with Gasteiger partial charge in [-0.2, -0.15) is 0 Å². The van der Waals surface area contributed by atoms with Crippen LogP contribution in [-0.4, -0.2) is 69.3 Å². The van der Waals surface area contributed by atoms with Crippen LogP contribution in [0.3, 0.4) is 0 Å². The normalized spacial score (nSPS) is 18.9. The number of amides is 1. The first-order chi connectivity index (χ1) is 19.3. The number of carbonyl (C=O) groups is 1. The van der Waals surface area contributed by atoms with Crippen LogP contribution in [0.25, 0.3) is 6.08 Å². The van der Waals surface area contributed by atoms with E-state index in [-0.39, 0.29) is 11.9 Å². The quantitative estimate of drug-likeness (QED) is 0.331. The fraction of sp³-hybridized carbons (Fsp3) is 0.531. The van der Waals surface area contributed by atoms with Gasteiger partial charge < -0.3 is 24.0 Å². The maximum absolute atomic E-state index is 14.4. The summed E-state index contributed by atoms with van der Waals surface area (Å²) in [7, 11) is 4.58. The highest BCUT2D eigenvalue weighted by Gasteiger charge is 2.31. The van der Waals surface area contributed by atoms with E-state index in [1.54, 1.807) is 18.2 Å². The average molecular weight is 557 g/mol. The summed E-state index contributed by atoms with van der Waals surface area (Å²) in [4.78, 5) is 18.6. The van der Waals surface area contributed by atoms with Gasteiger partial charge in [-0.15, -0.1) is 0 Å². The van der Waals surface area contributed by atoms with Gasteiger partial charge in [-0.3, -0.25) is 4.79 Å². The SMILES string of the molecule is COc1cc(C(=O)N(CC(C)=Cc2ccc(F)cc2F)C2CCCN(CC3CCCCC3)C2)cc(OC)c1OC. The number of halogens is 2. The number of rotatable bonds is 10. The Morgan fingerprint density at radius 1 is 0.975 bits per heavy atom. The molecule has 1 heterocycles. The van der Waals surface area contributed by atoms with Crippen molar-refractivity contribution in [1.29, 1.82) is 0 Å². The van der Waals surface area contributed by atoms with Crippen LogP contribution < -0.4 is 14.2 Å². The zero-order valence-corrected chi connectivity index (χ0v) is 24.2. The molecule has 6 nitrogen and oxygen atoms in total. The summed E-state index contributed by atoms with van der Waals surface area (Å²) >= 11 is 0. The zero-order chi connectivity index (χ0) is 28.6. The first-order valence-corrected chi connectivity index (χ1v) is 14.3. The lowest BCUT2D eigenvalue weighted by Crippen LogP contribution is -2.51. The molecule has 0 bridgehead atoms. The van der Waals surface area contributed by atoms with Crippen LogP contribution in [0.15, 0.2) is 35.9 Å². The summed E-state index contributed by atoms with van der Waals surface area (Å²) < 4.78 is 44.4. The third-order valence-electron chi connectivity index (χ3n) is 8.12. The molecule has 2 aromatic carbocycles. The number of piperidine rings is 1. The van der Waals surface area contributed by atoms with Gasteiger partial charge in [0.25, 0.3) is 5.91 Å². The summed E-state index contributed by atoms with van der Waals surface area (Å²) in [5, 5.41) is 0. The lowest BCUT2D eigenvalue weighted by atomic mass is 9.88. The predicted molar refractivity (Wildman–Crippen MR) is 153 cm³/mol. The highest BCUT2D eigenvalue weighted by Crippen LogP contribution is 2.39. The van der Waals surface area contributed by atoms with Crippen LogP contribution in [-0.2, 0) is 0 Å². The maximum atomic E-state index is 14.4. The molecule has 8 heteroatoms. The lowest BCUT2D eigenvalue weighted by molar-refractivity contribution is 0.0538. The largest absolute Gasteiger partial charge is 0.493 e. The molecule has 1 saturated heterocycles. The Bertz CT molecular complexity index is 1170. The van der Waals surface area contributed by atoms with Gasteiger partial charge in [-0.05, 0) is 69.3 Å². The number of hydrogen-bond acceptors (Lipinski definition) is 5. The Balaban J connectivity index is 1.63. The highest BCUT2D eigenvalue weighted by molar-refractivity contribution is 5.96. The maximum Gasteiger partial charge on any atom is 0.254 e. The van der Waals surface area contributed by atoms with Gasteiger partial charge in [0.1, 0.15) is 11.6 Å². The number of ether oxygens (including phenoxy) is 3. The van der Waals surface area contributed by atoms with Crippen LogP contribution in [0.1, 0.15) is 67.8 Å². The van der Waals surface area contributed by atoms with E-state index < -0.39 is 11.6 Å². The summed E-state index contributed by atoms with van der Waals surface area (Å²) in [5.74, 6) is 0.560. The number of nitrogens with zero attached hydrogens (tertiary/aromatic N) is 2. The standard InChI is InChI=1S/C32H42F2N2O4/c1-22(15-24-12-13-26(33)18-28(24)34)19-36(27-11-8-14-35(21-27)20-23-9-6-5-7-10-23)32(37)25-16-29(38-2)31(40-4)30(17-25)39-3/h12-13,15-18,23,27H,5-11,14,19-21H2,1-4H3. The van der Waals surface area contributed by atoms with Crippen molar-refractivity contribution in [2.24, 2.45) is 5.92 Å². The second-order valence-electron chi connectivity index (χ2n) is 11.1. The molecule has 2 aliphatic rings. The zero-order valence-electron chi connectivity index (χ0n) is 24.2. The van der Waals surface area contributed by atoms with Gasteiger partial charge in [0.15, 0.2) is 11.5 Å². The van der Waals surface area contributed by atoms with Crippen molar-refractivity contribution in [3.8, 4) is 17.2 Å². The van der Waals surface area contributed by atoms with E-state index in [1.165, 1.54) is 65.6 Å². The molecule has 1 atom stereocenters. The summed E-state index contributed by atoms with van der Waals surface area (Å²) in [6.07, 6.45) is 10.1. The second-order valence-corrected chi connectivity index (χ2v) is 11.1. The molecule has 1 aliphatic heterocycles. The van der Waals surface area contributed by atoms with Gasteiger partial charge in [-0.1, -0.05) is 30.9 Å². The summed E-state index contributed by atoms with van der Waals surface area (Å²) in [5.41, 5.74) is 1.53. The van der Waals surface area contributed by atoms with Crippen molar-refractivity contribution in [1.82, 2.24) is 9.80 Å². The van der Waals surface area contributed by atoms with E-state index in [2.05, 4.69) is 4.90 Å². The van der Waals surface area contributed by atoms with Gasteiger partial charge in [0.05, 0.1) is 21.3 Å².